The third-order valence-electron chi connectivity index (χ3n) is 3.07. The van der Waals surface area contributed by atoms with Crippen molar-refractivity contribution in [3.05, 3.63) is 24.0 Å². The maximum absolute atomic E-state index is 13.5. The molecule has 0 radical (unpaired) electrons. The predicted molar refractivity (Wildman–Crippen MR) is 67.9 cm³/mol. The SMILES string of the molecule is CC(CNc1ccc(N)cc1F)C(C)(C)C. The summed E-state index contributed by atoms with van der Waals surface area (Å²) in [5, 5.41) is 3.12. The summed E-state index contributed by atoms with van der Waals surface area (Å²) in [5.74, 6) is 0.172. The minimum absolute atomic E-state index is 0.220. The molecule has 0 heterocycles. The fourth-order valence-electron chi connectivity index (χ4n) is 1.24. The van der Waals surface area contributed by atoms with Crippen LogP contribution in [-0.2, 0) is 0 Å². The summed E-state index contributed by atoms with van der Waals surface area (Å²) in [6.45, 7) is 9.45. The Morgan fingerprint density at radius 2 is 2.00 bits per heavy atom. The van der Waals surface area contributed by atoms with Crippen LogP contribution in [0.5, 0.6) is 0 Å². The average molecular weight is 224 g/mol. The van der Waals surface area contributed by atoms with E-state index in [9.17, 15) is 4.39 Å². The molecule has 1 rings (SSSR count). The highest BCUT2D eigenvalue weighted by Gasteiger charge is 2.19. The van der Waals surface area contributed by atoms with Crippen LogP contribution in [-0.4, -0.2) is 6.54 Å². The quantitative estimate of drug-likeness (QED) is 0.771. The zero-order valence-corrected chi connectivity index (χ0v) is 10.5. The van der Waals surface area contributed by atoms with Crippen molar-refractivity contribution in [1.82, 2.24) is 0 Å². The van der Waals surface area contributed by atoms with E-state index in [1.807, 2.05) is 0 Å². The van der Waals surface area contributed by atoms with Crippen molar-refractivity contribution in [3.8, 4) is 0 Å². The van der Waals surface area contributed by atoms with E-state index in [0.717, 1.165) is 6.54 Å². The molecule has 16 heavy (non-hydrogen) atoms. The zero-order chi connectivity index (χ0) is 12.3. The highest BCUT2D eigenvalue weighted by Crippen LogP contribution is 2.26. The van der Waals surface area contributed by atoms with Gasteiger partial charge in [0.2, 0.25) is 0 Å². The molecule has 2 nitrogen and oxygen atoms in total. The number of anilines is 2. The van der Waals surface area contributed by atoms with Gasteiger partial charge in [0.1, 0.15) is 5.82 Å². The van der Waals surface area contributed by atoms with E-state index < -0.39 is 0 Å². The molecule has 3 heteroatoms. The standard InChI is InChI=1S/C13H21FN2/c1-9(13(2,3)4)8-16-12-6-5-10(15)7-11(12)14/h5-7,9,16H,8,15H2,1-4H3. The van der Waals surface area contributed by atoms with Crippen LogP contribution >= 0.6 is 0 Å². The molecular weight excluding hydrogens is 203 g/mol. The number of benzene rings is 1. The van der Waals surface area contributed by atoms with Crippen molar-refractivity contribution in [1.29, 1.82) is 0 Å². The molecule has 1 aromatic rings. The summed E-state index contributed by atoms with van der Waals surface area (Å²) in [4.78, 5) is 0. The summed E-state index contributed by atoms with van der Waals surface area (Å²) < 4.78 is 13.5. The van der Waals surface area contributed by atoms with Gasteiger partial charge < -0.3 is 11.1 Å². The van der Waals surface area contributed by atoms with E-state index in [1.165, 1.54) is 6.07 Å². The molecule has 1 aromatic carbocycles. The van der Waals surface area contributed by atoms with Gasteiger partial charge in [-0.05, 0) is 29.5 Å². The molecule has 1 atom stereocenters. The minimum atomic E-state index is -0.291. The fraction of sp³-hybridized carbons (Fsp3) is 0.538. The Morgan fingerprint density at radius 3 is 2.50 bits per heavy atom. The van der Waals surface area contributed by atoms with Gasteiger partial charge in [0.15, 0.2) is 0 Å². The number of nitrogen functional groups attached to an aromatic ring is 1. The number of nitrogens with two attached hydrogens (primary N) is 1. The maximum atomic E-state index is 13.5. The number of nitrogens with one attached hydrogen (secondary N) is 1. The second-order valence-electron chi connectivity index (χ2n) is 5.39. The van der Waals surface area contributed by atoms with Gasteiger partial charge >= 0.3 is 0 Å². The molecule has 1 unspecified atom stereocenters. The van der Waals surface area contributed by atoms with Gasteiger partial charge in [-0.3, -0.25) is 0 Å². The van der Waals surface area contributed by atoms with Crippen molar-refractivity contribution in [2.45, 2.75) is 27.7 Å². The topological polar surface area (TPSA) is 38.0 Å². The molecule has 0 fully saturated rings. The van der Waals surface area contributed by atoms with Crippen LogP contribution in [0.4, 0.5) is 15.8 Å². The number of hydrogen-bond acceptors (Lipinski definition) is 2. The van der Waals surface area contributed by atoms with Crippen molar-refractivity contribution in [2.75, 3.05) is 17.6 Å². The van der Waals surface area contributed by atoms with Crippen LogP contribution in [0.15, 0.2) is 18.2 Å². The Bertz CT molecular complexity index is 355. The summed E-state index contributed by atoms with van der Waals surface area (Å²) in [7, 11) is 0. The van der Waals surface area contributed by atoms with Crippen LogP contribution in [0, 0.1) is 17.2 Å². The smallest absolute Gasteiger partial charge is 0.148 e. The Kier molecular flexibility index (Phi) is 3.79. The summed E-state index contributed by atoms with van der Waals surface area (Å²) in [6.07, 6.45) is 0. The Hall–Kier alpha value is -1.25. The van der Waals surface area contributed by atoms with Crippen LogP contribution in [0.25, 0.3) is 0 Å². The van der Waals surface area contributed by atoms with Gasteiger partial charge in [-0.15, -0.1) is 0 Å². The lowest BCUT2D eigenvalue weighted by Crippen LogP contribution is -2.25. The first kappa shape index (κ1) is 12.8. The van der Waals surface area contributed by atoms with Gasteiger partial charge in [-0.25, -0.2) is 4.39 Å². The molecule has 0 aromatic heterocycles. The molecule has 0 saturated carbocycles. The van der Waals surface area contributed by atoms with Crippen molar-refractivity contribution < 1.29 is 4.39 Å². The van der Waals surface area contributed by atoms with Gasteiger partial charge in [0.25, 0.3) is 0 Å². The Labute approximate surface area is 97.0 Å². The number of rotatable bonds is 3. The third kappa shape index (κ3) is 3.40. The molecule has 0 saturated heterocycles. The second-order valence-corrected chi connectivity index (χ2v) is 5.39. The largest absolute Gasteiger partial charge is 0.399 e. The summed E-state index contributed by atoms with van der Waals surface area (Å²) in [6, 6.07) is 4.72. The average Bonchev–Trinajstić information content (AvgIpc) is 2.14. The van der Waals surface area contributed by atoms with E-state index in [-0.39, 0.29) is 11.2 Å². The zero-order valence-electron chi connectivity index (χ0n) is 10.5. The van der Waals surface area contributed by atoms with Crippen molar-refractivity contribution in [3.63, 3.8) is 0 Å². The van der Waals surface area contributed by atoms with Gasteiger partial charge in [0, 0.05) is 12.2 Å². The second kappa shape index (κ2) is 4.73. The molecular formula is C13H21FN2. The van der Waals surface area contributed by atoms with Gasteiger partial charge in [-0.2, -0.15) is 0 Å². The van der Waals surface area contributed by atoms with Gasteiger partial charge in [-0.1, -0.05) is 27.7 Å². The summed E-state index contributed by atoms with van der Waals surface area (Å²) >= 11 is 0. The fourth-order valence-corrected chi connectivity index (χ4v) is 1.24. The van der Waals surface area contributed by atoms with Crippen LogP contribution in [0.1, 0.15) is 27.7 Å². The predicted octanol–water partition coefficient (Wildman–Crippen LogP) is 3.50. The molecule has 0 aliphatic rings. The molecule has 0 aliphatic heterocycles. The molecule has 0 spiro atoms. The normalized spacial score (nSPS) is 13.6. The number of halogens is 1. The molecule has 3 N–H and O–H groups in total. The van der Waals surface area contributed by atoms with E-state index >= 15 is 0 Å². The van der Waals surface area contributed by atoms with Crippen molar-refractivity contribution in [2.24, 2.45) is 11.3 Å². The van der Waals surface area contributed by atoms with Crippen LogP contribution in [0.2, 0.25) is 0 Å². The van der Waals surface area contributed by atoms with E-state index in [1.54, 1.807) is 12.1 Å². The number of hydrogen-bond donors (Lipinski definition) is 2. The molecule has 0 amide bonds. The van der Waals surface area contributed by atoms with Gasteiger partial charge in [0.05, 0.1) is 5.69 Å². The lowest BCUT2D eigenvalue weighted by molar-refractivity contribution is 0.274. The molecule has 0 aliphatic carbocycles. The lowest BCUT2D eigenvalue weighted by Gasteiger charge is -2.27. The van der Waals surface area contributed by atoms with E-state index in [4.69, 9.17) is 5.73 Å². The van der Waals surface area contributed by atoms with E-state index in [0.29, 0.717) is 17.3 Å². The highest BCUT2D eigenvalue weighted by atomic mass is 19.1. The monoisotopic (exact) mass is 224 g/mol. The Balaban J connectivity index is 2.62. The molecule has 90 valence electrons. The highest BCUT2D eigenvalue weighted by molar-refractivity contribution is 5.52. The maximum Gasteiger partial charge on any atom is 0.148 e. The first-order valence-corrected chi connectivity index (χ1v) is 5.59. The van der Waals surface area contributed by atoms with E-state index in [2.05, 4.69) is 33.0 Å². The summed E-state index contributed by atoms with van der Waals surface area (Å²) in [5.41, 5.74) is 6.67. The lowest BCUT2D eigenvalue weighted by atomic mass is 9.82. The molecule has 0 bridgehead atoms. The Morgan fingerprint density at radius 1 is 1.38 bits per heavy atom. The minimum Gasteiger partial charge on any atom is -0.399 e. The van der Waals surface area contributed by atoms with Crippen LogP contribution in [0.3, 0.4) is 0 Å². The first-order chi connectivity index (χ1) is 7.30. The van der Waals surface area contributed by atoms with Crippen molar-refractivity contribution >= 4 is 11.4 Å². The third-order valence-corrected chi connectivity index (χ3v) is 3.07. The first-order valence-electron chi connectivity index (χ1n) is 5.59. The van der Waals surface area contributed by atoms with Crippen LogP contribution < -0.4 is 11.1 Å².